The number of hydrogen-bond donors (Lipinski definition) is 2. The summed E-state index contributed by atoms with van der Waals surface area (Å²) in [7, 11) is 0. The van der Waals surface area contributed by atoms with E-state index in [0.717, 1.165) is 16.1 Å². The largest absolute Gasteiger partial charge is 0.397 e. The molecule has 0 fully saturated rings. The average Bonchev–Trinajstić information content (AvgIpc) is 2.40. The fourth-order valence-corrected chi connectivity index (χ4v) is 3.06. The summed E-state index contributed by atoms with van der Waals surface area (Å²) in [6.45, 7) is 0. The minimum absolute atomic E-state index is 0.0448. The maximum atomic E-state index is 12.1. The van der Waals surface area contributed by atoms with E-state index in [-0.39, 0.29) is 11.2 Å². The highest BCUT2D eigenvalue weighted by Crippen LogP contribution is 2.45. The predicted octanol–water partition coefficient (Wildman–Crippen LogP) is 2.45. The Kier molecular flexibility index (Phi) is 2.68. The van der Waals surface area contributed by atoms with Gasteiger partial charge in [-0.2, -0.15) is 0 Å². The quantitative estimate of drug-likeness (QED) is 0.770. The van der Waals surface area contributed by atoms with Gasteiger partial charge in [0.2, 0.25) is 5.91 Å². The summed E-state index contributed by atoms with van der Waals surface area (Å²) in [4.78, 5) is 17.1. The van der Waals surface area contributed by atoms with Crippen molar-refractivity contribution in [3.63, 3.8) is 0 Å². The van der Waals surface area contributed by atoms with Gasteiger partial charge in [-0.1, -0.05) is 6.07 Å². The molecule has 3 rings (SSSR count). The second kappa shape index (κ2) is 4.34. The van der Waals surface area contributed by atoms with Gasteiger partial charge in [0, 0.05) is 17.3 Å². The van der Waals surface area contributed by atoms with Crippen LogP contribution in [0.2, 0.25) is 0 Å². The van der Waals surface area contributed by atoms with Crippen molar-refractivity contribution in [2.24, 2.45) is 0 Å². The molecule has 3 N–H and O–H groups in total. The number of pyridine rings is 1. The second-order valence-electron chi connectivity index (χ2n) is 3.99. The third-order valence-electron chi connectivity index (χ3n) is 2.80. The molecular weight excluding hydrogens is 246 g/mol. The molecule has 1 aliphatic heterocycles. The molecule has 1 aromatic heterocycles. The van der Waals surface area contributed by atoms with Gasteiger partial charge >= 0.3 is 0 Å². The van der Waals surface area contributed by atoms with Crippen LogP contribution in [0.4, 0.5) is 11.4 Å². The Balaban J connectivity index is 2.00. The van der Waals surface area contributed by atoms with Gasteiger partial charge in [-0.15, -0.1) is 11.8 Å². The number of para-hydroxylation sites is 1. The molecule has 0 bridgehead atoms. The summed E-state index contributed by atoms with van der Waals surface area (Å²) in [6, 6.07) is 9.35. The number of nitrogen functional groups attached to an aromatic ring is 1. The number of fused-ring (bicyclic) bond motifs is 1. The first-order chi connectivity index (χ1) is 8.75. The van der Waals surface area contributed by atoms with E-state index in [9.17, 15) is 4.79 Å². The average molecular weight is 257 g/mol. The number of amides is 1. The van der Waals surface area contributed by atoms with Crippen LogP contribution in [-0.2, 0) is 4.79 Å². The minimum atomic E-state index is -0.248. The lowest BCUT2D eigenvalue weighted by Gasteiger charge is -2.25. The summed E-state index contributed by atoms with van der Waals surface area (Å²) in [6.07, 6.45) is 3.39. The third kappa shape index (κ3) is 1.82. The molecule has 2 heterocycles. The molecule has 0 aliphatic carbocycles. The molecule has 0 saturated carbocycles. The Morgan fingerprint density at radius 1 is 1.22 bits per heavy atom. The maximum absolute atomic E-state index is 12.1. The van der Waals surface area contributed by atoms with Gasteiger partial charge in [-0.05, 0) is 29.8 Å². The van der Waals surface area contributed by atoms with E-state index in [1.807, 2.05) is 24.3 Å². The molecule has 4 nitrogen and oxygen atoms in total. The molecule has 1 aromatic carbocycles. The topological polar surface area (TPSA) is 68.0 Å². The van der Waals surface area contributed by atoms with Gasteiger partial charge in [0.05, 0.1) is 11.4 Å². The van der Waals surface area contributed by atoms with E-state index in [4.69, 9.17) is 5.73 Å². The Morgan fingerprint density at radius 3 is 2.78 bits per heavy atom. The van der Waals surface area contributed by atoms with Crippen LogP contribution in [-0.4, -0.2) is 10.9 Å². The van der Waals surface area contributed by atoms with Crippen molar-refractivity contribution in [1.82, 2.24) is 4.98 Å². The molecule has 1 unspecified atom stereocenters. The first-order valence-corrected chi connectivity index (χ1v) is 6.39. The zero-order chi connectivity index (χ0) is 12.5. The summed E-state index contributed by atoms with van der Waals surface area (Å²) >= 11 is 1.51. The lowest BCUT2D eigenvalue weighted by molar-refractivity contribution is -0.115. The summed E-state index contributed by atoms with van der Waals surface area (Å²) < 4.78 is 0. The Hall–Kier alpha value is -2.01. The first kappa shape index (κ1) is 11.1. The number of thioether (sulfide) groups is 1. The molecule has 18 heavy (non-hydrogen) atoms. The van der Waals surface area contributed by atoms with Crippen molar-refractivity contribution in [2.45, 2.75) is 10.1 Å². The molecule has 1 amide bonds. The van der Waals surface area contributed by atoms with Crippen molar-refractivity contribution in [3.8, 4) is 0 Å². The van der Waals surface area contributed by atoms with E-state index in [0.29, 0.717) is 5.69 Å². The Labute approximate surface area is 109 Å². The van der Waals surface area contributed by atoms with Crippen LogP contribution in [0.15, 0.2) is 47.6 Å². The number of carbonyl (C=O) groups is 1. The Bertz CT molecular complexity index is 600. The van der Waals surface area contributed by atoms with Crippen LogP contribution < -0.4 is 11.1 Å². The van der Waals surface area contributed by atoms with Crippen LogP contribution in [0, 0.1) is 0 Å². The molecular formula is C13H11N3OS. The van der Waals surface area contributed by atoms with E-state index in [1.165, 1.54) is 11.8 Å². The lowest BCUT2D eigenvalue weighted by atomic mass is 10.1. The van der Waals surface area contributed by atoms with E-state index < -0.39 is 0 Å². The van der Waals surface area contributed by atoms with Crippen LogP contribution in [0.1, 0.15) is 10.8 Å². The lowest BCUT2D eigenvalue weighted by Crippen LogP contribution is -2.23. The van der Waals surface area contributed by atoms with Crippen molar-refractivity contribution >= 4 is 29.0 Å². The van der Waals surface area contributed by atoms with E-state index >= 15 is 0 Å². The molecule has 1 atom stereocenters. The number of aromatic nitrogens is 1. The van der Waals surface area contributed by atoms with Gasteiger partial charge in [-0.25, -0.2) is 0 Å². The highest BCUT2D eigenvalue weighted by Gasteiger charge is 2.29. The molecule has 0 spiro atoms. The maximum Gasteiger partial charge on any atom is 0.242 e. The van der Waals surface area contributed by atoms with Crippen LogP contribution >= 0.6 is 11.8 Å². The molecule has 2 aromatic rings. The normalized spacial score (nSPS) is 18.0. The van der Waals surface area contributed by atoms with Gasteiger partial charge in [0.25, 0.3) is 0 Å². The van der Waals surface area contributed by atoms with Gasteiger partial charge < -0.3 is 11.1 Å². The monoisotopic (exact) mass is 257 g/mol. The number of benzene rings is 1. The molecule has 1 aliphatic rings. The zero-order valence-electron chi connectivity index (χ0n) is 9.46. The molecule has 90 valence electrons. The molecule has 0 saturated heterocycles. The van der Waals surface area contributed by atoms with E-state index in [2.05, 4.69) is 10.3 Å². The first-order valence-electron chi connectivity index (χ1n) is 5.51. The molecule has 0 radical (unpaired) electrons. The zero-order valence-corrected chi connectivity index (χ0v) is 10.3. The van der Waals surface area contributed by atoms with Crippen LogP contribution in [0.3, 0.4) is 0 Å². The van der Waals surface area contributed by atoms with E-state index in [1.54, 1.807) is 18.5 Å². The van der Waals surface area contributed by atoms with Crippen LogP contribution in [0.5, 0.6) is 0 Å². The van der Waals surface area contributed by atoms with Crippen molar-refractivity contribution in [3.05, 3.63) is 48.3 Å². The van der Waals surface area contributed by atoms with Crippen molar-refractivity contribution < 1.29 is 4.79 Å². The molecule has 5 heteroatoms. The summed E-state index contributed by atoms with van der Waals surface area (Å²) in [5.41, 5.74) is 8.11. The second-order valence-corrected chi connectivity index (χ2v) is 5.13. The van der Waals surface area contributed by atoms with Gasteiger partial charge in [0.1, 0.15) is 5.25 Å². The number of nitrogens with zero attached hydrogens (tertiary/aromatic N) is 1. The number of hydrogen-bond acceptors (Lipinski definition) is 4. The number of nitrogens with two attached hydrogens (primary N) is 1. The standard InChI is InChI=1S/C13H11N3OS/c14-9-2-1-3-10-11(9)16-13(17)12(18-10)8-4-6-15-7-5-8/h1-7,12H,14H2,(H,16,17). The highest BCUT2D eigenvalue weighted by atomic mass is 32.2. The minimum Gasteiger partial charge on any atom is -0.397 e. The smallest absolute Gasteiger partial charge is 0.242 e. The fourth-order valence-electron chi connectivity index (χ4n) is 1.91. The van der Waals surface area contributed by atoms with Crippen molar-refractivity contribution in [1.29, 1.82) is 0 Å². The SMILES string of the molecule is Nc1cccc2c1NC(=O)C(c1ccncc1)S2. The van der Waals surface area contributed by atoms with Crippen LogP contribution in [0.25, 0.3) is 0 Å². The number of anilines is 2. The highest BCUT2D eigenvalue weighted by molar-refractivity contribution is 8.00. The predicted molar refractivity (Wildman–Crippen MR) is 72.3 cm³/mol. The summed E-state index contributed by atoms with van der Waals surface area (Å²) in [5, 5.41) is 2.62. The van der Waals surface area contributed by atoms with Gasteiger partial charge in [0.15, 0.2) is 0 Å². The number of rotatable bonds is 1. The number of carbonyl (C=O) groups excluding carboxylic acids is 1. The number of nitrogens with one attached hydrogen (secondary N) is 1. The van der Waals surface area contributed by atoms with Gasteiger partial charge in [-0.3, -0.25) is 9.78 Å². The fraction of sp³-hybridized carbons (Fsp3) is 0.0769. The summed E-state index contributed by atoms with van der Waals surface area (Å²) in [5.74, 6) is -0.0448. The van der Waals surface area contributed by atoms with Crippen molar-refractivity contribution in [2.75, 3.05) is 11.1 Å². The third-order valence-corrected chi connectivity index (χ3v) is 4.11. The Morgan fingerprint density at radius 2 is 2.00 bits per heavy atom.